The van der Waals surface area contributed by atoms with Crippen LogP contribution in [0.3, 0.4) is 0 Å². The van der Waals surface area contributed by atoms with Gasteiger partial charge in [-0.25, -0.2) is 18.1 Å². The van der Waals surface area contributed by atoms with Gasteiger partial charge < -0.3 is 4.74 Å². The fraction of sp³-hybridized carbons (Fsp3) is 0.176. The minimum absolute atomic E-state index is 0.1000. The van der Waals surface area contributed by atoms with Crippen molar-refractivity contribution in [1.82, 2.24) is 14.7 Å². The first-order chi connectivity index (χ1) is 12.0. The van der Waals surface area contributed by atoms with Gasteiger partial charge >= 0.3 is 0 Å². The highest BCUT2D eigenvalue weighted by Crippen LogP contribution is 2.25. The van der Waals surface area contributed by atoms with Crippen molar-refractivity contribution in [3.8, 4) is 16.5 Å². The number of benzene rings is 1. The first kappa shape index (κ1) is 17.5. The Morgan fingerprint density at radius 1 is 1.24 bits per heavy atom. The van der Waals surface area contributed by atoms with Gasteiger partial charge in [0.1, 0.15) is 15.7 Å². The second-order valence-corrected chi connectivity index (χ2v) is 7.93. The van der Waals surface area contributed by atoms with Crippen molar-refractivity contribution in [1.29, 1.82) is 0 Å². The average molecular weight is 375 g/mol. The molecule has 0 unspecified atom stereocenters. The summed E-state index contributed by atoms with van der Waals surface area (Å²) < 4.78 is 32.9. The molecule has 0 fully saturated rings. The van der Waals surface area contributed by atoms with E-state index >= 15 is 0 Å². The maximum atomic E-state index is 12.6. The largest absolute Gasteiger partial charge is 0.495 e. The van der Waals surface area contributed by atoms with E-state index in [4.69, 9.17) is 4.74 Å². The van der Waals surface area contributed by atoms with Crippen molar-refractivity contribution < 1.29 is 13.2 Å². The van der Waals surface area contributed by atoms with Gasteiger partial charge in [0, 0.05) is 11.6 Å². The molecule has 3 rings (SSSR count). The molecule has 0 radical (unpaired) electrons. The summed E-state index contributed by atoms with van der Waals surface area (Å²) in [7, 11) is -2.26. The maximum absolute atomic E-state index is 12.6. The molecule has 1 N–H and O–H groups in total. The summed E-state index contributed by atoms with van der Waals surface area (Å²) in [6.07, 6.45) is 1.70. The summed E-state index contributed by atoms with van der Waals surface area (Å²) in [6.45, 7) is 1.93. The van der Waals surface area contributed by atoms with Crippen LogP contribution in [0.25, 0.3) is 10.7 Å². The Bertz CT molecular complexity index is 970. The van der Waals surface area contributed by atoms with E-state index in [1.54, 1.807) is 24.4 Å². The van der Waals surface area contributed by atoms with Crippen LogP contribution in [0.4, 0.5) is 0 Å². The fourth-order valence-electron chi connectivity index (χ4n) is 2.24. The van der Waals surface area contributed by atoms with Gasteiger partial charge in [0.05, 0.1) is 25.0 Å². The number of nitrogens with zero attached hydrogens (tertiary/aromatic N) is 2. The highest BCUT2D eigenvalue weighted by molar-refractivity contribution is 7.89. The third-order valence-electron chi connectivity index (χ3n) is 3.49. The molecule has 8 heteroatoms. The lowest BCUT2D eigenvalue weighted by Crippen LogP contribution is -2.24. The molecule has 0 atom stereocenters. The van der Waals surface area contributed by atoms with Gasteiger partial charge in [-0.3, -0.25) is 4.98 Å². The zero-order valence-corrected chi connectivity index (χ0v) is 15.4. The van der Waals surface area contributed by atoms with Crippen LogP contribution in [0.2, 0.25) is 0 Å². The number of pyridine rings is 1. The van der Waals surface area contributed by atoms with Crippen LogP contribution in [-0.4, -0.2) is 25.5 Å². The quantitative estimate of drug-likeness (QED) is 0.716. The number of hydrogen-bond acceptors (Lipinski definition) is 6. The van der Waals surface area contributed by atoms with Crippen molar-refractivity contribution in [2.45, 2.75) is 18.4 Å². The third kappa shape index (κ3) is 4.04. The lowest BCUT2D eigenvalue weighted by Gasteiger charge is -2.10. The molecule has 0 saturated heterocycles. The highest BCUT2D eigenvalue weighted by Gasteiger charge is 2.20. The lowest BCUT2D eigenvalue weighted by molar-refractivity contribution is 0.402. The fourth-order valence-corrected chi connectivity index (χ4v) is 4.28. The SMILES string of the molecule is COc1ccc(C)cc1S(=O)(=O)NCc1csc(-c2ccccn2)n1. The summed E-state index contributed by atoms with van der Waals surface area (Å²) in [5, 5.41) is 2.57. The van der Waals surface area contributed by atoms with Crippen molar-refractivity contribution >= 4 is 21.4 Å². The topological polar surface area (TPSA) is 81.2 Å². The van der Waals surface area contributed by atoms with Crippen molar-refractivity contribution in [2.75, 3.05) is 7.11 Å². The smallest absolute Gasteiger partial charge is 0.244 e. The van der Waals surface area contributed by atoms with E-state index in [1.165, 1.54) is 18.4 Å². The molecule has 0 amide bonds. The Hall–Kier alpha value is -2.29. The van der Waals surface area contributed by atoms with Crippen LogP contribution < -0.4 is 9.46 Å². The molecule has 0 bridgehead atoms. The van der Waals surface area contributed by atoms with E-state index < -0.39 is 10.0 Å². The molecule has 0 saturated carbocycles. The molecule has 0 aliphatic carbocycles. The molecule has 2 heterocycles. The van der Waals surface area contributed by atoms with Crippen LogP contribution in [-0.2, 0) is 16.6 Å². The number of methoxy groups -OCH3 is 1. The van der Waals surface area contributed by atoms with Crippen molar-refractivity contribution in [3.63, 3.8) is 0 Å². The number of aromatic nitrogens is 2. The molecule has 2 aromatic heterocycles. The summed E-state index contributed by atoms with van der Waals surface area (Å²) in [4.78, 5) is 8.80. The monoisotopic (exact) mass is 375 g/mol. The number of ether oxygens (including phenoxy) is 1. The Kier molecular flexibility index (Phi) is 5.12. The van der Waals surface area contributed by atoms with E-state index in [0.29, 0.717) is 11.4 Å². The maximum Gasteiger partial charge on any atom is 0.244 e. The zero-order valence-electron chi connectivity index (χ0n) is 13.8. The van der Waals surface area contributed by atoms with Gasteiger partial charge in [0.15, 0.2) is 0 Å². The zero-order chi connectivity index (χ0) is 17.9. The predicted molar refractivity (Wildman–Crippen MR) is 97.1 cm³/mol. The van der Waals surface area contributed by atoms with E-state index in [1.807, 2.05) is 30.5 Å². The molecule has 3 aromatic rings. The molecule has 25 heavy (non-hydrogen) atoms. The highest BCUT2D eigenvalue weighted by atomic mass is 32.2. The number of sulfonamides is 1. The summed E-state index contributed by atoms with van der Waals surface area (Å²) in [5.74, 6) is 0.311. The Balaban J connectivity index is 1.77. The van der Waals surface area contributed by atoms with Crippen molar-refractivity contribution in [2.24, 2.45) is 0 Å². The van der Waals surface area contributed by atoms with Gasteiger partial charge in [-0.1, -0.05) is 12.1 Å². The average Bonchev–Trinajstić information content (AvgIpc) is 3.10. The van der Waals surface area contributed by atoms with Crippen LogP contribution in [0, 0.1) is 6.92 Å². The molecule has 0 aliphatic heterocycles. The minimum Gasteiger partial charge on any atom is -0.495 e. The molecule has 0 spiro atoms. The number of aryl methyl sites for hydroxylation is 1. The van der Waals surface area contributed by atoms with E-state index in [2.05, 4.69) is 14.7 Å². The number of nitrogens with one attached hydrogen (secondary N) is 1. The van der Waals surface area contributed by atoms with Gasteiger partial charge in [0.25, 0.3) is 0 Å². The molecule has 130 valence electrons. The van der Waals surface area contributed by atoms with Crippen LogP contribution in [0.5, 0.6) is 5.75 Å². The normalized spacial score (nSPS) is 11.4. The summed E-state index contributed by atoms with van der Waals surface area (Å²) >= 11 is 1.43. The van der Waals surface area contributed by atoms with Crippen LogP contribution in [0.15, 0.2) is 52.9 Å². The van der Waals surface area contributed by atoms with Crippen LogP contribution in [0.1, 0.15) is 11.3 Å². The molecule has 6 nitrogen and oxygen atoms in total. The van der Waals surface area contributed by atoms with Gasteiger partial charge in [0.2, 0.25) is 10.0 Å². The Morgan fingerprint density at radius 3 is 2.80 bits per heavy atom. The molecule has 0 aliphatic rings. The number of rotatable bonds is 6. The second-order valence-electron chi connectivity index (χ2n) is 5.34. The van der Waals surface area contributed by atoms with Gasteiger partial charge in [-0.05, 0) is 36.8 Å². The van der Waals surface area contributed by atoms with E-state index in [0.717, 1.165) is 16.3 Å². The number of thiazole rings is 1. The first-order valence-corrected chi connectivity index (χ1v) is 9.86. The second kappa shape index (κ2) is 7.30. The molecular formula is C17H17N3O3S2. The minimum atomic E-state index is -3.71. The summed E-state index contributed by atoms with van der Waals surface area (Å²) in [6, 6.07) is 10.6. The third-order valence-corrected chi connectivity index (χ3v) is 5.82. The Labute approximate surface area is 150 Å². The lowest BCUT2D eigenvalue weighted by atomic mass is 10.2. The van der Waals surface area contributed by atoms with Crippen molar-refractivity contribution in [3.05, 3.63) is 59.2 Å². The summed E-state index contributed by atoms with van der Waals surface area (Å²) in [5.41, 5.74) is 2.25. The Morgan fingerprint density at radius 2 is 2.08 bits per heavy atom. The van der Waals surface area contributed by atoms with Crippen LogP contribution >= 0.6 is 11.3 Å². The van der Waals surface area contributed by atoms with Gasteiger partial charge in [-0.15, -0.1) is 11.3 Å². The molecular weight excluding hydrogens is 358 g/mol. The van der Waals surface area contributed by atoms with E-state index in [9.17, 15) is 8.42 Å². The van der Waals surface area contributed by atoms with E-state index in [-0.39, 0.29) is 11.4 Å². The molecule has 1 aromatic carbocycles. The number of hydrogen-bond donors (Lipinski definition) is 1. The first-order valence-electron chi connectivity index (χ1n) is 7.50. The van der Waals surface area contributed by atoms with Gasteiger partial charge in [-0.2, -0.15) is 0 Å². The standard InChI is InChI=1S/C17H17N3O3S2/c1-12-6-7-15(23-2)16(9-12)25(21,22)19-10-13-11-24-17(20-13)14-5-3-4-8-18-14/h3-9,11,19H,10H2,1-2H3. The predicted octanol–water partition coefficient (Wildman–Crippen LogP) is 3.00.